The van der Waals surface area contributed by atoms with Crippen molar-refractivity contribution in [1.29, 1.82) is 0 Å². The molecule has 2 aromatic rings. The molecule has 11 nitrogen and oxygen atoms in total. The average Bonchev–Trinajstić information content (AvgIpc) is 3.39. The van der Waals surface area contributed by atoms with Crippen molar-refractivity contribution in [1.82, 2.24) is 19.5 Å². The third-order valence-corrected chi connectivity index (χ3v) is 8.12. The summed E-state index contributed by atoms with van der Waals surface area (Å²) in [7, 11) is -2.52. The Bertz CT molecular complexity index is 1020. The first kappa shape index (κ1) is 36.1. The first-order chi connectivity index (χ1) is 20.4. The molecular weight excluding hydrogens is 557 g/mol. The van der Waals surface area contributed by atoms with Crippen molar-refractivity contribution in [2.75, 3.05) is 25.3 Å². The highest BCUT2D eigenvalue weighted by atomic mass is 31.1. The molecule has 240 valence electrons. The number of carbonyl (C=O) groups excluding carboxylic acids is 1. The van der Waals surface area contributed by atoms with Gasteiger partial charge in [-0.3, -0.25) is 9.36 Å². The van der Waals surface area contributed by atoms with Crippen LogP contribution in [0.3, 0.4) is 0 Å². The fourth-order valence-electron chi connectivity index (χ4n) is 4.75. The van der Waals surface area contributed by atoms with E-state index >= 15 is 0 Å². The quantitative estimate of drug-likeness (QED) is 0.0692. The lowest BCUT2D eigenvalue weighted by Crippen LogP contribution is -2.23. The van der Waals surface area contributed by atoms with Crippen molar-refractivity contribution in [2.24, 2.45) is 0 Å². The molecule has 2 aromatic heterocycles. The van der Waals surface area contributed by atoms with Gasteiger partial charge < -0.3 is 29.4 Å². The van der Waals surface area contributed by atoms with Crippen molar-refractivity contribution in [3.05, 3.63) is 12.7 Å². The van der Waals surface area contributed by atoms with Crippen LogP contribution >= 0.6 is 8.03 Å². The van der Waals surface area contributed by atoms with E-state index in [2.05, 4.69) is 21.9 Å². The van der Waals surface area contributed by atoms with Gasteiger partial charge >= 0.3 is 5.97 Å². The zero-order valence-corrected chi connectivity index (χ0v) is 26.8. The number of imidazole rings is 1. The maximum atomic E-state index is 12.2. The van der Waals surface area contributed by atoms with Gasteiger partial charge in [-0.2, -0.15) is 0 Å². The molecule has 42 heavy (non-hydrogen) atoms. The summed E-state index contributed by atoms with van der Waals surface area (Å²) in [5.41, 5.74) is 6.92. The Balaban J connectivity index is 1.40. The van der Waals surface area contributed by atoms with Crippen LogP contribution in [0.15, 0.2) is 12.7 Å². The lowest BCUT2D eigenvalue weighted by molar-refractivity contribution is -0.147. The molecule has 0 fully saturated rings. The molecule has 0 aliphatic heterocycles. The second-order valence-corrected chi connectivity index (χ2v) is 12.5. The standard InChI is InChI=1S/C30H54N5O6P/c1-3-4-5-6-7-8-9-10-11-12-13-14-15-16-17-18-27(37)39-20-26(36)21-41-42(38)24-40-25(2)19-35-23-34-28-29(31)32-22-33-30(28)35/h22-23,25-26,36,42H,3-21,24H2,1-2H3,(H2,31,32,33)/t25-,26?/m1/s1. The highest BCUT2D eigenvalue weighted by molar-refractivity contribution is 7.38. The number of anilines is 1. The summed E-state index contributed by atoms with van der Waals surface area (Å²) in [6, 6.07) is 0. The molecule has 12 heteroatoms. The topological polar surface area (TPSA) is 152 Å². The number of rotatable bonds is 26. The number of nitrogen functional groups attached to an aromatic ring is 1. The molecule has 0 saturated heterocycles. The van der Waals surface area contributed by atoms with Crippen molar-refractivity contribution >= 4 is 31.0 Å². The SMILES string of the molecule is CCCCCCCCCCCCCCCCCC(=O)OCC(O)CO[PH](=O)CO[C@H](C)Cn1cnc2c(N)ncnc21. The Kier molecular flexibility index (Phi) is 19.3. The third-order valence-electron chi connectivity index (χ3n) is 7.23. The molecule has 0 saturated carbocycles. The lowest BCUT2D eigenvalue weighted by Gasteiger charge is -2.15. The van der Waals surface area contributed by atoms with E-state index in [0.29, 0.717) is 29.9 Å². The van der Waals surface area contributed by atoms with E-state index in [9.17, 15) is 14.5 Å². The summed E-state index contributed by atoms with van der Waals surface area (Å²) in [6.45, 7) is 4.15. The third kappa shape index (κ3) is 16.0. The maximum absolute atomic E-state index is 12.2. The molecule has 0 radical (unpaired) electrons. The molecule has 2 rings (SSSR count). The number of ether oxygens (including phenoxy) is 2. The number of carbonyl (C=O) groups is 1. The van der Waals surface area contributed by atoms with Crippen LogP contribution in [0.4, 0.5) is 5.82 Å². The van der Waals surface area contributed by atoms with Crippen molar-refractivity contribution in [3.8, 4) is 0 Å². The van der Waals surface area contributed by atoms with Crippen LogP contribution in [0.2, 0.25) is 0 Å². The number of fused-ring (bicyclic) bond motifs is 1. The van der Waals surface area contributed by atoms with Gasteiger partial charge in [-0.05, 0) is 13.3 Å². The van der Waals surface area contributed by atoms with Crippen molar-refractivity contribution in [3.63, 3.8) is 0 Å². The molecule has 0 aliphatic rings. The summed E-state index contributed by atoms with van der Waals surface area (Å²) >= 11 is 0. The van der Waals surface area contributed by atoms with E-state index in [1.165, 1.54) is 83.4 Å². The Morgan fingerprint density at radius 1 is 0.929 bits per heavy atom. The molecule has 0 aromatic carbocycles. The van der Waals surface area contributed by atoms with E-state index in [0.717, 1.165) is 19.3 Å². The van der Waals surface area contributed by atoms with Crippen LogP contribution in [-0.4, -0.2) is 62.4 Å². The van der Waals surface area contributed by atoms with E-state index < -0.39 is 14.1 Å². The molecule has 3 N–H and O–H groups in total. The Labute approximate surface area is 252 Å². The van der Waals surface area contributed by atoms with Gasteiger partial charge in [0.15, 0.2) is 11.5 Å². The first-order valence-corrected chi connectivity index (χ1v) is 17.4. The van der Waals surface area contributed by atoms with Gasteiger partial charge in [-0.25, -0.2) is 15.0 Å². The van der Waals surface area contributed by atoms with E-state index in [1.807, 2.05) is 6.92 Å². The van der Waals surface area contributed by atoms with Gasteiger partial charge in [0.05, 0.1) is 25.6 Å². The van der Waals surface area contributed by atoms with E-state index in [-0.39, 0.29) is 31.6 Å². The lowest BCUT2D eigenvalue weighted by atomic mass is 10.0. The minimum atomic E-state index is -2.52. The molecule has 2 unspecified atom stereocenters. The Morgan fingerprint density at radius 3 is 2.14 bits per heavy atom. The van der Waals surface area contributed by atoms with Crippen molar-refractivity contribution < 1.29 is 28.5 Å². The monoisotopic (exact) mass is 611 g/mol. The Morgan fingerprint density at radius 2 is 1.52 bits per heavy atom. The van der Waals surface area contributed by atoms with E-state index in [1.54, 1.807) is 10.9 Å². The van der Waals surface area contributed by atoms with Gasteiger partial charge in [-0.1, -0.05) is 96.8 Å². The average molecular weight is 612 g/mol. The van der Waals surface area contributed by atoms with Crippen LogP contribution in [-0.2, 0) is 29.9 Å². The second-order valence-electron chi connectivity index (χ2n) is 11.2. The smallest absolute Gasteiger partial charge is 0.305 e. The number of esters is 1. The summed E-state index contributed by atoms with van der Waals surface area (Å²) in [5, 5.41) is 10.0. The zero-order valence-electron chi connectivity index (χ0n) is 25.8. The van der Waals surface area contributed by atoms with Crippen LogP contribution in [0.25, 0.3) is 11.2 Å². The minimum Gasteiger partial charge on any atom is -0.463 e. The van der Waals surface area contributed by atoms with Gasteiger partial charge in [-0.15, -0.1) is 0 Å². The molecule has 0 aliphatic carbocycles. The molecule has 0 spiro atoms. The molecule has 0 bridgehead atoms. The summed E-state index contributed by atoms with van der Waals surface area (Å²) in [4.78, 5) is 24.3. The first-order valence-electron chi connectivity index (χ1n) is 15.9. The number of aliphatic hydroxyl groups excluding tert-OH is 1. The summed E-state index contributed by atoms with van der Waals surface area (Å²) < 4.78 is 29.9. The van der Waals surface area contributed by atoms with Crippen LogP contribution in [0, 0.1) is 0 Å². The number of aromatic nitrogens is 4. The number of hydrogen-bond acceptors (Lipinski definition) is 10. The zero-order chi connectivity index (χ0) is 30.4. The predicted molar refractivity (Wildman–Crippen MR) is 167 cm³/mol. The highest BCUT2D eigenvalue weighted by Crippen LogP contribution is 2.24. The summed E-state index contributed by atoms with van der Waals surface area (Å²) in [6.07, 6.45) is 21.0. The largest absolute Gasteiger partial charge is 0.463 e. The second kappa shape index (κ2) is 22.5. The van der Waals surface area contributed by atoms with Gasteiger partial charge in [0.1, 0.15) is 30.9 Å². The molecule has 3 atom stereocenters. The number of nitrogens with two attached hydrogens (primary N) is 1. The number of unbranched alkanes of at least 4 members (excludes halogenated alkanes) is 14. The maximum Gasteiger partial charge on any atom is 0.305 e. The predicted octanol–water partition coefficient (Wildman–Crippen LogP) is 6.43. The highest BCUT2D eigenvalue weighted by Gasteiger charge is 2.14. The van der Waals surface area contributed by atoms with Gasteiger partial charge in [0.25, 0.3) is 0 Å². The fourth-order valence-corrected chi connectivity index (χ4v) is 5.64. The minimum absolute atomic E-state index is 0.0959. The van der Waals surface area contributed by atoms with E-state index in [4.69, 9.17) is 19.7 Å². The number of nitrogens with zero attached hydrogens (tertiary/aromatic N) is 4. The molecular formula is C30H54N5O6P. The number of aliphatic hydroxyl groups is 1. The number of hydrogen-bond donors (Lipinski definition) is 2. The van der Waals surface area contributed by atoms with Crippen LogP contribution in [0.5, 0.6) is 0 Å². The Hall–Kier alpha value is -2.07. The fraction of sp³-hybridized carbons (Fsp3) is 0.800. The van der Waals surface area contributed by atoms with Crippen LogP contribution < -0.4 is 5.73 Å². The molecule has 0 amide bonds. The van der Waals surface area contributed by atoms with Crippen LogP contribution in [0.1, 0.15) is 117 Å². The normalized spacial score (nSPS) is 13.8. The summed E-state index contributed by atoms with van der Waals surface area (Å²) in [5.74, 6) is -0.0207. The molecule has 2 heterocycles. The van der Waals surface area contributed by atoms with Gasteiger partial charge in [0, 0.05) is 6.42 Å². The van der Waals surface area contributed by atoms with Gasteiger partial charge in [0.2, 0.25) is 8.03 Å². The van der Waals surface area contributed by atoms with Crippen molar-refractivity contribution in [2.45, 2.75) is 135 Å².